The summed E-state index contributed by atoms with van der Waals surface area (Å²) in [7, 11) is 0. The van der Waals surface area contributed by atoms with Gasteiger partial charge in [0.05, 0.1) is 24.3 Å². The molecule has 0 heterocycles. The summed E-state index contributed by atoms with van der Waals surface area (Å²) in [6.45, 7) is 5.49. The van der Waals surface area contributed by atoms with Gasteiger partial charge in [0.15, 0.2) is 0 Å². The molecule has 0 saturated heterocycles. The van der Waals surface area contributed by atoms with Gasteiger partial charge in [0.25, 0.3) is 0 Å². The molecule has 0 fully saturated rings. The molecular formula is C36H46O5. The third-order valence-corrected chi connectivity index (χ3v) is 7.11. The monoisotopic (exact) mass is 558 g/mol. The normalized spacial score (nSPS) is 10.8. The maximum atomic E-state index is 12.5. The summed E-state index contributed by atoms with van der Waals surface area (Å²) in [5, 5.41) is 0. The molecule has 5 heteroatoms. The predicted molar refractivity (Wildman–Crippen MR) is 166 cm³/mol. The number of esters is 2. The van der Waals surface area contributed by atoms with E-state index in [4.69, 9.17) is 14.2 Å². The van der Waals surface area contributed by atoms with Crippen molar-refractivity contribution in [2.75, 3.05) is 13.2 Å². The van der Waals surface area contributed by atoms with Gasteiger partial charge in [0.2, 0.25) is 0 Å². The van der Waals surface area contributed by atoms with Crippen molar-refractivity contribution < 1.29 is 23.8 Å². The molecule has 5 nitrogen and oxygen atoms in total. The number of unbranched alkanes of at least 4 members (excludes halogenated alkanes) is 10. The van der Waals surface area contributed by atoms with Gasteiger partial charge in [-0.25, -0.2) is 9.59 Å². The Hall–Kier alpha value is -3.60. The predicted octanol–water partition coefficient (Wildman–Crippen LogP) is 9.83. The molecule has 3 aromatic rings. The number of rotatable bonds is 19. The molecule has 0 aliphatic heterocycles. The first-order chi connectivity index (χ1) is 20.1. The molecule has 41 heavy (non-hydrogen) atoms. The second-order valence-corrected chi connectivity index (χ2v) is 10.5. The highest BCUT2D eigenvalue weighted by molar-refractivity contribution is 5.91. The van der Waals surface area contributed by atoms with Crippen molar-refractivity contribution >= 4 is 11.9 Å². The third-order valence-electron chi connectivity index (χ3n) is 7.11. The standard InChI is InChI=1S/C36H46O5/c1-3-5-7-8-9-10-11-12-13-14-28-40-35(37)31-17-15-29(16-18-31)30-19-25-34(26-20-30)41-36(38)32-21-23-33(24-22-32)39-27-6-4-2/h15-26H,3-14,27-28H2,1-2H3. The quantitative estimate of drug-likeness (QED) is 0.0832. The topological polar surface area (TPSA) is 61.8 Å². The molecule has 0 aliphatic rings. The van der Waals surface area contributed by atoms with Crippen LogP contribution in [0.25, 0.3) is 11.1 Å². The van der Waals surface area contributed by atoms with Crippen LogP contribution in [0, 0.1) is 0 Å². The lowest BCUT2D eigenvalue weighted by Gasteiger charge is -2.08. The van der Waals surface area contributed by atoms with Gasteiger partial charge in [-0.05, 0) is 72.5 Å². The minimum absolute atomic E-state index is 0.282. The van der Waals surface area contributed by atoms with E-state index in [1.807, 2.05) is 24.3 Å². The molecule has 0 unspecified atom stereocenters. The van der Waals surface area contributed by atoms with Gasteiger partial charge in [0.1, 0.15) is 11.5 Å². The molecule has 0 aliphatic carbocycles. The molecule has 0 bridgehead atoms. The number of benzene rings is 3. The molecule has 0 saturated carbocycles. The van der Waals surface area contributed by atoms with E-state index in [1.54, 1.807) is 48.5 Å². The van der Waals surface area contributed by atoms with Crippen LogP contribution in [0.5, 0.6) is 11.5 Å². The van der Waals surface area contributed by atoms with Crippen LogP contribution in [0.15, 0.2) is 72.8 Å². The summed E-state index contributed by atoms with van der Waals surface area (Å²) in [6.07, 6.45) is 14.6. The average molecular weight is 559 g/mol. The van der Waals surface area contributed by atoms with Crippen LogP contribution in [-0.4, -0.2) is 25.2 Å². The highest BCUT2D eigenvalue weighted by Crippen LogP contribution is 2.24. The van der Waals surface area contributed by atoms with Gasteiger partial charge in [-0.1, -0.05) is 102 Å². The zero-order valence-corrected chi connectivity index (χ0v) is 24.9. The third kappa shape index (κ3) is 11.8. The van der Waals surface area contributed by atoms with E-state index in [0.29, 0.717) is 30.1 Å². The van der Waals surface area contributed by atoms with E-state index in [2.05, 4.69) is 13.8 Å². The molecule has 0 radical (unpaired) electrons. The number of hydrogen-bond donors (Lipinski definition) is 0. The Kier molecular flexibility index (Phi) is 14.6. The largest absolute Gasteiger partial charge is 0.494 e. The molecule has 0 N–H and O–H groups in total. The Morgan fingerprint density at radius 3 is 1.54 bits per heavy atom. The van der Waals surface area contributed by atoms with Crippen molar-refractivity contribution in [2.24, 2.45) is 0 Å². The first kappa shape index (κ1) is 31.9. The van der Waals surface area contributed by atoms with Crippen molar-refractivity contribution in [3.63, 3.8) is 0 Å². The lowest BCUT2D eigenvalue weighted by Crippen LogP contribution is -2.08. The SMILES string of the molecule is CCCCCCCCCCCCOC(=O)c1ccc(-c2ccc(OC(=O)c3ccc(OCCCC)cc3)cc2)cc1. The van der Waals surface area contributed by atoms with Crippen molar-refractivity contribution in [3.8, 4) is 22.6 Å². The zero-order valence-electron chi connectivity index (χ0n) is 24.9. The minimum Gasteiger partial charge on any atom is -0.494 e. The smallest absolute Gasteiger partial charge is 0.343 e. The Morgan fingerprint density at radius 2 is 0.951 bits per heavy atom. The van der Waals surface area contributed by atoms with Gasteiger partial charge in [-0.15, -0.1) is 0 Å². The molecule has 0 amide bonds. The Bertz CT molecular complexity index is 1150. The van der Waals surface area contributed by atoms with Crippen molar-refractivity contribution in [3.05, 3.63) is 83.9 Å². The lowest BCUT2D eigenvalue weighted by atomic mass is 10.0. The fourth-order valence-electron chi connectivity index (χ4n) is 4.54. The zero-order chi connectivity index (χ0) is 29.1. The Labute approximate surface area is 246 Å². The maximum absolute atomic E-state index is 12.5. The molecule has 0 atom stereocenters. The minimum atomic E-state index is -0.418. The summed E-state index contributed by atoms with van der Waals surface area (Å²) in [4.78, 5) is 24.9. The van der Waals surface area contributed by atoms with Crippen LogP contribution >= 0.6 is 0 Å². The lowest BCUT2D eigenvalue weighted by molar-refractivity contribution is 0.0497. The van der Waals surface area contributed by atoms with Gasteiger partial charge in [-0.3, -0.25) is 0 Å². The van der Waals surface area contributed by atoms with Gasteiger partial charge in [0, 0.05) is 0 Å². The summed E-state index contributed by atoms with van der Waals surface area (Å²) in [5.74, 6) is 0.510. The fourth-order valence-corrected chi connectivity index (χ4v) is 4.54. The average Bonchev–Trinajstić information content (AvgIpc) is 3.00. The summed E-state index contributed by atoms with van der Waals surface area (Å²) >= 11 is 0. The van der Waals surface area contributed by atoms with Crippen LogP contribution in [-0.2, 0) is 4.74 Å². The summed E-state index contributed by atoms with van der Waals surface area (Å²) in [6, 6.07) is 21.7. The van der Waals surface area contributed by atoms with Crippen molar-refractivity contribution in [1.82, 2.24) is 0 Å². The van der Waals surface area contributed by atoms with Gasteiger partial charge >= 0.3 is 11.9 Å². The Balaban J connectivity index is 1.37. The van der Waals surface area contributed by atoms with Gasteiger partial charge < -0.3 is 14.2 Å². The molecule has 0 spiro atoms. The highest BCUT2D eigenvalue weighted by Gasteiger charge is 2.10. The van der Waals surface area contributed by atoms with Crippen molar-refractivity contribution in [1.29, 1.82) is 0 Å². The first-order valence-electron chi connectivity index (χ1n) is 15.4. The van der Waals surface area contributed by atoms with Crippen LogP contribution in [0.2, 0.25) is 0 Å². The van der Waals surface area contributed by atoms with E-state index < -0.39 is 5.97 Å². The fraction of sp³-hybridized carbons (Fsp3) is 0.444. The summed E-state index contributed by atoms with van der Waals surface area (Å²) in [5.41, 5.74) is 2.94. The van der Waals surface area contributed by atoms with Crippen molar-refractivity contribution in [2.45, 2.75) is 90.9 Å². The number of ether oxygens (including phenoxy) is 3. The van der Waals surface area contributed by atoms with Gasteiger partial charge in [-0.2, -0.15) is 0 Å². The van der Waals surface area contributed by atoms with E-state index >= 15 is 0 Å². The molecular weight excluding hydrogens is 512 g/mol. The van der Waals surface area contributed by atoms with E-state index in [9.17, 15) is 9.59 Å². The number of carbonyl (C=O) groups is 2. The number of hydrogen-bond acceptors (Lipinski definition) is 5. The van der Waals surface area contributed by atoms with E-state index in [-0.39, 0.29) is 5.97 Å². The van der Waals surface area contributed by atoms with Crippen LogP contribution in [0.1, 0.15) is 112 Å². The Morgan fingerprint density at radius 1 is 0.488 bits per heavy atom. The molecule has 0 aromatic heterocycles. The van der Waals surface area contributed by atoms with E-state index in [0.717, 1.165) is 42.6 Å². The summed E-state index contributed by atoms with van der Waals surface area (Å²) < 4.78 is 16.6. The number of carbonyl (C=O) groups excluding carboxylic acids is 2. The van der Waals surface area contributed by atoms with E-state index in [1.165, 1.54) is 51.4 Å². The second kappa shape index (κ2) is 18.7. The maximum Gasteiger partial charge on any atom is 0.343 e. The molecule has 3 aromatic carbocycles. The molecule has 3 rings (SSSR count). The first-order valence-corrected chi connectivity index (χ1v) is 15.4. The van der Waals surface area contributed by atoms with Crippen LogP contribution < -0.4 is 9.47 Å². The second-order valence-electron chi connectivity index (χ2n) is 10.5. The molecule has 220 valence electrons. The highest BCUT2D eigenvalue weighted by atomic mass is 16.5. The van der Waals surface area contributed by atoms with Crippen LogP contribution in [0.4, 0.5) is 0 Å². The van der Waals surface area contributed by atoms with Crippen LogP contribution in [0.3, 0.4) is 0 Å².